The van der Waals surface area contributed by atoms with Gasteiger partial charge in [-0.3, -0.25) is 4.79 Å². The maximum atomic E-state index is 11.4. The molecule has 0 aromatic heterocycles. The highest BCUT2D eigenvalue weighted by molar-refractivity contribution is 5.86. The number of hydrogen-bond donors (Lipinski definition) is 4. The number of carbonyl (C=O) groups excluding carboxylic acids is 2. The van der Waals surface area contributed by atoms with Crippen molar-refractivity contribution >= 4 is 17.9 Å². The second-order valence-electron chi connectivity index (χ2n) is 4.23. The third kappa shape index (κ3) is 7.48. The minimum atomic E-state index is -1.08. The molecule has 0 saturated heterocycles. The molecule has 1 atom stereocenters. The van der Waals surface area contributed by atoms with Crippen molar-refractivity contribution in [1.29, 1.82) is 0 Å². The van der Waals surface area contributed by atoms with Crippen LogP contribution < -0.4 is 16.0 Å². The van der Waals surface area contributed by atoms with Gasteiger partial charge in [0.1, 0.15) is 6.04 Å². The smallest absolute Gasteiger partial charge is 0.326 e. The highest BCUT2D eigenvalue weighted by atomic mass is 16.4. The third-order valence-electron chi connectivity index (χ3n) is 2.04. The molecule has 18 heavy (non-hydrogen) atoms. The number of hydrogen-bond acceptors (Lipinski definition) is 3. The average molecular weight is 259 g/mol. The average Bonchev–Trinajstić information content (AvgIpc) is 2.24. The Bertz CT molecular complexity index is 305. The Morgan fingerprint density at radius 2 is 1.78 bits per heavy atom. The SMILES string of the molecule is CCCC(NC(=O)NCC(=O)NC(C)C)C(=O)O. The largest absolute Gasteiger partial charge is 0.480 e. The van der Waals surface area contributed by atoms with E-state index in [0.717, 1.165) is 0 Å². The molecule has 0 saturated carbocycles. The minimum absolute atomic E-state index is 0.00535. The number of rotatable bonds is 7. The van der Waals surface area contributed by atoms with E-state index in [1.807, 2.05) is 6.92 Å². The lowest BCUT2D eigenvalue weighted by molar-refractivity contribution is -0.139. The van der Waals surface area contributed by atoms with Gasteiger partial charge in [0.05, 0.1) is 6.54 Å². The predicted molar refractivity (Wildman–Crippen MR) is 66.1 cm³/mol. The van der Waals surface area contributed by atoms with E-state index in [1.165, 1.54) is 0 Å². The Morgan fingerprint density at radius 3 is 2.22 bits per heavy atom. The molecule has 0 rings (SSSR count). The molecule has 0 radical (unpaired) electrons. The molecule has 0 aliphatic heterocycles. The molecule has 0 aromatic carbocycles. The fraction of sp³-hybridized carbons (Fsp3) is 0.727. The zero-order valence-corrected chi connectivity index (χ0v) is 10.9. The van der Waals surface area contributed by atoms with Gasteiger partial charge in [0.25, 0.3) is 0 Å². The van der Waals surface area contributed by atoms with Crippen molar-refractivity contribution in [2.45, 2.75) is 45.7 Å². The molecular weight excluding hydrogens is 238 g/mol. The summed E-state index contributed by atoms with van der Waals surface area (Å²) in [6.07, 6.45) is 0.992. The summed E-state index contributed by atoms with van der Waals surface area (Å²) >= 11 is 0. The molecule has 0 bridgehead atoms. The van der Waals surface area contributed by atoms with Crippen molar-refractivity contribution in [1.82, 2.24) is 16.0 Å². The molecule has 4 N–H and O–H groups in total. The Labute approximate surface area is 106 Å². The second kappa shape index (κ2) is 8.32. The van der Waals surface area contributed by atoms with Crippen LogP contribution in [0.2, 0.25) is 0 Å². The molecule has 0 spiro atoms. The summed E-state index contributed by atoms with van der Waals surface area (Å²) in [6.45, 7) is 5.26. The van der Waals surface area contributed by atoms with E-state index in [9.17, 15) is 14.4 Å². The van der Waals surface area contributed by atoms with Crippen LogP contribution in [-0.4, -0.2) is 41.6 Å². The summed E-state index contributed by atoms with van der Waals surface area (Å²) in [5.41, 5.74) is 0. The lowest BCUT2D eigenvalue weighted by Crippen LogP contribution is -2.48. The van der Waals surface area contributed by atoms with Gasteiger partial charge in [0, 0.05) is 6.04 Å². The fourth-order valence-corrected chi connectivity index (χ4v) is 1.29. The molecule has 104 valence electrons. The van der Waals surface area contributed by atoms with Crippen LogP contribution in [0.15, 0.2) is 0 Å². The summed E-state index contributed by atoms with van der Waals surface area (Å²) in [5.74, 6) is -1.40. The van der Waals surface area contributed by atoms with E-state index in [-0.39, 0.29) is 18.5 Å². The first-order valence-electron chi connectivity index (χ1n) is 5.93. The number of aliphatic carboxylic acids is 1. The molecule has 0 aliphatic rings. The molecular formula is C11H21N3O4. The summed E-state index contributed by atoms with van der Waals surface area (Å²) < 4.78 is 0. The minimum Gasteiger partial charge on any atom is -0.480 e. The Kier molecular flexibility index (Phi) is 7.50. The lowest BCUT2D eigenvalue weighted by atomic mass is 10.2. The normalized spacial score (nSPS) is 11.8. The van der Waals surface area contributed by atoms with Crippen molar-refractivity contribution in [3.8, 4) is 0 Å². The molecule has 0 aliphatic carbocycles. The lowest BCUT2D eigenvalue weighted by Gasteiger charge is -2.14. The van der Waals surface area contributed by atoms with Gasteiger partial charge in [-0.1, -0.05) is 13.3 Å². The van der Waals surface area contributed by atoms with Crippen LogP contribution in [0.4, 0.5) is 4.79 Å². The van der Waals surface area contributed by atoms with Crippen LogP contribution in [0.5, 0.6) is 0 Å². The molecule has 0 heterocycles. The number of carboxylic acid groups (broad SMARTS) is 1. The van der Waals surface area contributed by atoms with Crippen LogP contribution in [0, 0.1) is 0 Å². The van der Waals surface area contributed by atoms with Crippen LogP contribution in [0.3, 0.4) is 0 Å². The predicted octanol–water partition coefficient (Wildman–Crippen LogP) is 0.0635. The second-order valence-corrected chi connectivity index (χ2v) is 4.23. The highest BCUT2D eigenvalue weighted by Crippen LogP contribution is 1.96. The van der Waals surface area contributed by atoms with Gasteiger partial charge in [0.15, 0.2) is 0 Å². The quantitative estimate of drug-likeness (QED) is 0.518. The highest BCUT2D eigenvalue weighted by Gasteiger charge is 2.18. The number of carbonyl (C=O) groups is 3. The van der Waals surface area contributed by atoms with Gasteiger partial charge < -0.3 is 21.1 Å². The van der Waals surface area contributed by atoms with E-state index >= 15 is 0 Å². The molecule has 7 heteroatoms. The fourth-order valence-electron chi connectivity index (χ4n) is 1.29. The standard InChI is InChI=1S/C11H21N3O4/c1-4-5-8(10(16)17)14-11(18)12-6-9(15)13-7(2)3/h7-8H,4-6H2,1-3H3,(H,13,15)(H,16,17)(H2,12,14,18). The van der Waals surface area contributed by atoms with Gasteiger partial charge >= 0.3 is 12.0 Å². The number of amides is 3. The van der Waals surface area contributed by atoms with Crippen LogP contribution in [0.25, 0.3) is 0 Å². The number of urea groups is 1. The van der Waals surface area contributed by atoms with Gasteiger partial charge in [-0.2, -0.15) is 0 Å². The topological polar surface area (TPSA) is 108 Å². The van der Waals surface area contributed by atoms with Crippen molar-refractivity contribution in [3.05, 3.63) is 0 Å². The maximum Gasteiger partial charge on any atom is 0.326 e. The molecule has 3 amide bonds. The van der Waals surface area contributed by atoms with Gasteiger partial charge in [0.2, 0.25) is 5.91 Å². The van der Waals surface area contributed by atoms with Crippen molar-refractivity contribution in [3.63, 3.8) is 0 Å². The maximum absolute atomic E-state index is 11.4. The van der Waals surface area contributed by atoms with Gasteiger partial charge in [-0.25, -0.2) is 9.59 Å². The summed E-state index contributed by atoms with van der Waals surface area (Å²) in [5, 5.41) is 16.0. The first-order valence-corrected chi connectivity index (χ1v) is 5.93. The van der Waals surface area contributed by atoms with Gasteiger partial charge in [-0.15, -0.1) is 0 Å². The number of nitrogens with one attached hydrogen (secondary N) is 3. The third-order valence-corrected chi connectivity index (χ3v) is 2.04. The molecule has 7 nitrogen and oxygen atoms in total. The van der Waals surface area contributed by atoms with Crippen molar-refractivity contribution in [2.75, 3.05) is 6.54 Å². The summed E-state index contributed by atoms with van der Waals surface area (Å²) in [7, 11) is 0. The molecule has 0 aromatic rings. The van der Waals surface area contributed by atoms with Crippen LogP contribution >= 0.6 is 0 Å². The Balaban J connectivity index is 4.02. The first-order chi connectivity index (χ1) is 8.36. The first kappa shape index (κ1) is 16.2. The zero-order chi connectivity index (χ0) is 14.1. The van der Waals surface area contributed by atoms with Crippen LogP contribution in [-0.2, 0) is 9.59 Å². The van der Waals surface area contributed by atoms with E-state index in [0.29, 0.717) is 12.8 Å². The van der Waals surface area contributed by atoms with Crippen LogP contribution in [0.1, 0.15) is 33.6 Å². The Morgan fingerprint density at radius 1 is 1.17 bits per heavy atom. The molecule has 0 fully saturated rings. The van der Waals surface area contributed by atoms with E-state index in [1.54, 1.807) is 13.8 Å². The van der Waals surface area contributed by atoms with E-state index in [2.05, 4.69) is 16.0 Å². The van der Waals surface area contributed by atoms with Crippen molar-refractivity contribution < 1.29 is 19.5 Å². The van der Waals surface area contributed by atoms with E-state index < -0.39 is 18.0 Å². The number of carboxylic acids is 1. The zero-order valence-electron chi connectivity index (χ0n) is 10.9. The summed E-state index contributed by atoms with van der Waals surface area (Å²) in [4.78, 5) is 33.4. The Hall–Kier alpha value is -1.79. The van der Waals surface area contributed by atoms with E-state index in [4.69, 9.17) is 5.11 Å². The monoisotopic (exact) mass is 259 g/mol. The summed E-state index contributed by atoms with van der Waals surface area (Å²) in [6, 6.07) is -1.59. The van der Waals surface area contributed by atoms with Crippen molar-refractivity contribution in [2.24, 2.45) is 0 Å². The van der Waals surface area contributed by atoms with Gasteiger partial charge in [-0.05, 0) is 20.3 Å². The molecule has 1 unspecified atom stereocenters.